The van der Waals surface area contributed by atoms with Crippen LogP contribution in [0.3, 0.4) is 0 Å². The van der Waals surface area contributed by atoms with E-state index < -0.39 is 33.4 Å². The van der Waals surface area contributed by atoms with Gasteiger partial charge in [-0.1, -0.05) is 15.9 Å². The topological polar surface area (TPSA) is 110 Å². The number of halogens is 5. The van der Waals surface area contributed by atoms with Gasteiger partial charge in [0.25, 0.3) is 0 Å². The van der Waals surface area contributed by atoms with E-state index in [1.165, 1.54) is 0 Å². The summed E-state index contributed by atoms with van der Waals surface area (Å²) >= 11 is 10.1. The predicted octanol–water partition coefficient (Wildman–Crippen LogP) is 4.62. The molecule has 0 spiro atoms. The van der Waals surface area contributed by atoms with Gasteiger partial charge in [-0.25, -0.2) is 18.0 Å². The van der Waals surface area contributed by atoms with Crippen LogP contribution in [-0.4, -0.2) is 42.4 Å². The smallest absolute Gasteiger partial charge is 0.428 e. The number of rotatable bonds is 5. The molecule has 4 bridgehead atoms. The summed E-state index contributed by atoms with van der Waals surface area (Å²) in [6.07, 6.45) is 0.719. The highest BCUT2D eigenvalue weighted by atomic mass is 79.9. The highest BCUT2D eigenvalue weighted by molar-refractivity contribution is 9.11. The molecular weight excluding hydrogens is 650 g/mol. The molecule has 7 nitrogen and oxygen atoms in total. The van der Waals surface area contributed by atoms with Gasteiger partial charge in [0.1, 0.15) is 12.2 Å². The molecule has 4 saturated carbocycles. The van der Waals surface area contributed by atoms with Crippen LogP contribution in [0.25, 0.3) is 0 Å². The number of alkyl halides is 2. The number of carbonyl (C=O) groups is 2. The molecule has 4 aliphatic carbocycles. The van der Waals surface area contributed by atoms with Crippen molar-refractivity contribution >= 4 is 69.8 Å². The number of ether oxygens (including phenoxy) is 2. The molecule has 4 fully saturated rings. The van der Waals surface area contributed by atoms with E-state index in [9.17, 15) is 31.3 Å². The lowest BCUT2D eigenvalue weighted by Crippen LogP contribution is -2.58. The van der Waals surface area contributed by atoms with Crippen LogP contribution in [0.2, 0.25) is 0 Å². The van der Waals surface area contributed by atoms with Crippen molar-refractivity contribution < 1.29 is 40.8 Å². The molecule has 0 N–H and O–H groups in total. The van der Waals surface area contributed by atoms with Crippen molar-refractivity contribution in [3.63, 3.8) is 0 Å². The van der Waals surface area contributed by atoms with Crippen molar-refractivity contribution in [1.29, 1.82) is 0 Å². The second kappa shape index (κ2) is 8.54. The number of carbonyl (C=O) groups excluding carboxylic acids is 2. The number of hydrogen-bond acceptors (Lipinski definition) is 7. The van der Waals surface area contributed by atoms with Gasteiger partial charge >= 0.3 is 17.2 Å². The van der Waals surface area contributed by atoms with Crippen LogP contribution < -0.4 is 0 Å². The lowest BCUT2D eigenvalue weighted by Gasteiger charge is -2.56. The lowest BCUT2D eigenvalue weighted by molar-refractivity contribution is -0.198. The van der Waals surface area contributed by atoms with Gasteiger partial charge in [0.05, 0.1) is 5.56 Å². The summed E-state index contributed by atoms with van der Waals surface area (Å²) in [5, 5.41) is -5.12. The van der Waals surface area contributed by atoms with E-state index in [1.807, 2.05) is 0 Å². The summed E-state index contributed by atoms with van der Waals surface area (Å²) in [5.74, 6) is -3.36. The lowest BCUT2D eigenvalue weighted by atomic mass is 9.53. The van der Waals surface area contributed by atoms with Crippen LogP contribution in [-0.2, 0) is 24.4 Å². The van der Waals surface area contributed by atoms with E-state index in [0.29, 0.717) is 40.2 Å². The van der Waals surface area contributed by atoms with Crippen molar-refractivity contribution in [2.24, 2.45) is 23.7 Å². The first kappa shape index (κ1) is 24.5. The molecule has 5 rings (SSSR count). The fraction of sp³-hybridized carbons (Fsp3) is 0.579. The molecule has 0 heterocycles. The van der Waals surface area contributed by atoms with Crippen LogP contribution in [0.1, 0.15) is 36.0 Å². The van der Waals surface area contributed by atoms with Crippen molar-refractivity contribution in [3.8, 4) is 0 Å². The summed E-state index contributed by atoms with van der Waals surface area (Å²) in [4.78, 5) is 24.6. The van der Waals surface area contributed by atoms with Gasteiger partial charge in [0.15, 0.2) is 10.1 Å². The Labute approximate surface area is 207 Å². The Morgan fingerprint density at radius 1 is 0.906 bits per heavy atom. The maximum absolute atomic E-state index is 13.6. The van der Waals surface area contributed by atoms with E-state index in [0.717, 1.165) is 4.47 Å². The maximum atomic E-state index is 13.6. The monoisotopic (exact) mass is 663 g/mol. The summed E-state index contributed by atoms with van der Waals surface area (Å²) in [6, 6.07) is 3.46. The van der Waals surface area contributed by atoms with E-state index in [4.69, 9.17) is 9.47 Å². The Morgan fingerprint density at radius 2 is 1.31 bits per heavy atom. The molecule has 1 aromatic carbocycles. The molecule has 13 heteroatoms. The first-order valence-corrected chi connectivity index (χ1v) is 13.5. The van der Waals surface area contributed by atoms with Gasteiger partial charge in [-0.2, -0.15) is 8.78 Å². The van der Waals surface area contributed by atoms with Crippen molar-refractivity contribution in [2.75, 3.05) is 0 Å². The van der Waals surface area contributed by atoms with Crippen molar-refractivity contribution in [2.45, 2.75) is 43.1 Å². The predicted molar refractivity (Wildman–Crippen MR) is 116 cm³/mol. The van der Waals surface area contributed by atoms with Crippen molar-refractivity contribution in [1.82, 2.24) is 0 Å². The number of hydrogen-bond donors (Lipinski definition) is 0. The summed E-state index contributed by atoms with van der Waals surface area (Å²) in [5.41, 5.74) is 0.356. The van der Waals surface area contributed by atoms with Crippen LogP contribution in [0.4, 0.5) is 8.78 Å². The van der Waals surface area contributed by atoms with Gasteiger partial charge < -0.3 is 14.0 Å². The molecular formula is C19H16Br3F2O7S-. The molecule has 0 aliphatic heterocycles. The van der Waals surface area contributed by atoms with E-state index in [1.54, 1.807) is 12.1 Å². The highest BCUT2D eigenvalue weighted by Crippen LogP contribution is 2.56. The molecule has 1 aromatic rings. The third kappa shape index (κ3) is 4.27. The summed E-state index contributed by atoms with van der Waals surface area (Å²) in [6.45, 7) is 0. The van der Waals surface area contributed by atoms with Gasteiger partial charge in [0, 0.05) is 13.4 Å². The molecule has 32 heavy (non-hydrogen) atoms. The zero-order valence-corrected chi connectivity index (χ0v) is 21.7. The van der Waals surface area contributed by atoms with Crippen LogP contribution in [0.15, 0.2) is 25.6 Å². The third-order valence-electron chi connectivity index (χ3n) is 6.53. The van der Waals surface area contributed by atoms with Crippen molar-refractivity contribution in [3.05, 3.63) is 31.1 Å². The van der Waals surface area contributed by atoms with Crippen LogP contribution in [0.5, 0.6) is 0 Å². The average Bonchev–Trinajstić information content (AvgIpc) is 2.63. The largest absolute Gasteiger partial charge is 0.743 e. The minimum atomic E-state index is -6.16. The Kier molecular flexibility index (Phi) is 6.54. The van der Waals surface area contributed by atoms with Crippen LogP contribution in [0, 0.1) is 23.7 Å². The molecule has 0 atom stereocenters. The minimum absolute atomic E-state index is 0.0202. The molecule has 0 unspecified atom stereocenters. The molecule has 176 valence electrons. The Balaban J connectivity index is 1.45. The first-order valence-electron chi connectivity index (χ1n) is 9.69. The van der Waals surface area contributed by atoms with E-state index >= 15 is 0 Å². The minimum Gasteiger partial charge on any atom is -0.743 e. The Bertz CT molecular complexity index is 1030. The maximum Gasteiger partial charge on any atom is 0.428 e. The van der Waals surface area contributed by atoms with E-state index in [-0.39, 0.29) is 29.8 Å². The fourth-order valence-electron chi connectivity index (χ4n) is 5.38. The first-order chi connectivity index (χ1) is 14.8. The van der Waals surface area contributed by atoms with Gasteiger partial charge in [-0.3, -0.25) is 0 Å². The molecule has 0 aromatic heterocycles. The second-order valence-electron chi connectivity index (χ2n) is 8.44. The quantitative estimate of drug-likeness (QED) is 0.334. The number of esters is 2. The number of benzene rings is 1. The fourth-order valence-corrected chi connectivity index (χ4v) is 8.22. The molecule has 0 saturated heterocycles. The van der Waals surface area contributed by atoms with Gasteiger partial charge in [0.2, 0.25) is 0 Å². The summed E-state index contributed by atoms with van der Waals surface area (Å²) in [7, 11) is -6.16. The molecule has 0 radical (unpaired) electrons. The molecule has 0 amide bonds. The Morgan fingerprint density at radius 3 is 1.72 bits per heavy atom. The van der Waals surface area contributed by atoms with Gasteiger partial charge in [-0.05, 0) is 93.3 Å². The normalized spacial score (nSPS) is 31.4. The average molecular weight is 666 g/mol. The van der Waals surface area contributed by atoms with E-state index in [2.05, 4.69) is 47.8 Å². The second-order valence-corrected chi connectivity index (χ2v) is 12.5. The zero-order valence-electron chi connectivity index (χ0n) is 16.1. The van der Waals surface area contributed by atoms with Gasteiger partial charge in [-0.15, -0.1) is 0 Å². The zero-order chi connectivity index (χ0) is 23.6. The Hall–Kier alpha value is -0.630. The van der Waals surface area contributed by atoms with Crippen LogP contribution >= 0.6 is 47.8 Å². The standard InChI is InChI=1S/C19H17Br3F2O7S/c20-11-5-12(21)14(13(22)6-11)17(25)30-15-7-1-9-3-8(15)4-10(2-7)16(9)31-18(26)19(23,24)32(27,28)29/h5-10,15-16H,1-4H2,(H,27,28,29)/p-1. The SMILES string of the molecule is O=C(OC1C2CC3CC1CC(C2)C3OC(=O)C(F)(F)S(=O)(=O)[O-])c1c(Br)cc(Br)cc1Br. The third-order valence-corrected chi connectivity index (χ3v) is 9.03. The highest BCUT2D eigenvalue weighted by Gasteiger charge is 2.58. The molecule has 4 aliphatic rings. The summed E-state index contributed by atoms with van der Waals surface area (Å²) < 4.78 is 71.9.